The molecule has 0 spiro atoms. The minimum Gasteiger partial charge on any atom is -0.398 e. The first-order chi connectivity index (χ1) is 9.66. The Morgan fingerprint density at radius 2 is 1.90 bits per heavy atom. The second kappa shape index (κ2) is 5.29. The summed E-state index contributed by atoms with van der Waals surface area (Å²) in [7, 11) is 0. The molecule has 0 radical (unpaired) electrons. The third-order valence-electron chi connectivity index (χ3n) is 4.01. The van der Waals surface area contributed by atoms with Gasteiger partial charge in [0.05, 0.1) is 10.7 Å². The number of carbonyl (C=O) groups is 1. The molecule has 2 N–H and O–H groups in total. The van der Waals surface area contributed by atoms with E-state index in [1.165, 1.54) is 19.3 Å². The van der Waals surface area contributed by atoms with Crippen LogP contribution in [0.3, 0.4) is 0 Å². The van der Waals surface area contributed by atoms with Crippen LogP contribution in [0.4, 0.5) is 5.69 Å². The van der Waals surface area contributed by atoms with Crippen LogP contribution in [-0.2, 0) is 0 Å². The number of nitrogen functional groups attached to an aromatic ring is 1. The molecular formula is C17H16ClNO. The highest BCUT2D eigenvalue weighted by atomic mass is 35.5. The van der Waals surface area contributed by atoms with Gasteiger partial charge in [-0.15, -0.1) is 0 Å². The van der Waals surface area contributed by atoms with Crippen LogP contribution >= 0.6 is 11.6 Å². The molecule has 0 unspecified atom stereocenters. The summed E-state index contributed by atoms with van der Waals surface area (Å²) in [5, 5.41) is 0.428. The van der Waals surface area contributed by atoms with Gasteiger partial charge < -0.3 is 5.73 Å². The molecule has 0 bridgehead atoms. The Bertz CT molecular complexity index is 662. The summed E-state index contributed by atoms with van der Waals surface area (Å²) >= 11 is 6.01. The predicted molar refractivity (Wildman–Crippen MR) is 82.3 cm³/mol. The van der Waals surface area contributed by atoms with Crippen LogP contribution in [0.15, 0.2) is 42.5 Å². The molecule has 2 aromatic carbocycles. The number of hydrogen-bond donors (Lipinski definition) is 1. The summed E-state index contributed by atoms with van der Waals surface area (Å²) < 4.78 is 0. The number of anilines is 1. The molecule has 0 atom stereocenters. The van der Waals surface area contributed by atoms with E-state index in [2.05, 4.69) is 6.07 Å². The molecule has 102 valence electrons. The van der Waals surface area contributed by atoms with Gasteiger partial charge in [0.15, 0.2) is 5.78 Å². The SMILES string of the molecule is Nc1ccc(C(=O)c2ccccc2C2CCC2)cc1Cl. The van der Waals surface area contributed by atoms with E-state index in [-0.39, 0.29) is 5.78 Å². The van der Waals surface area contributed by atoms with E-state index >= 15 is 0 Å². The molecule has 1 saturated carbocycles. The Hall–Kier alpha value is -1.80. The summed E-state index contributed by atoms with van der Waals surface area (Å²) in [4.78, 5) is 12.7. The highest BCUT2D eigenvalue weighted by Gasteiger charge is 2.24. The molecule has 1 aliphatic rings. The van der Waals surface area contributed by atoms with Crippen molar-refractivity contribution in [3.05, 3.63) is 64.2 Å². The summed E-state index contributed by atoms with van der Waals surface area (Å²) in [6.45, 7) is 0. The van der Waals surface area contributed by atoms with E-state index in [0.717, 1.165) is 11.1 Å². The average Bonchev–Trinajstić information content (AvgIpc) is 2.40. The highest BCUT2D eigenvalue weighted by molar-refractivity contribution is 6.33. The number of hydrogen-bond acceptors (Lipinski definition) is 2. The topological polar surface area (TPSA) is 43.1 Å². The van der Waals surface area contributed by atoms with Crippen molar-refractivity contribution in [3.8, 4) is 0 Å². The van der Waals surface area contributed by atoms with Crippen molar-refractivity contribution >= 4 is 23.1 Å². The lowest BCUT2D eigenvalue weighted by molar-refractivity contribution is 0.103. The molecule has 0 aromatic heterocycles. The fourth-order valence-corrected chi connectivity index (χ4v) is 2.78. The number of ketones is 1. The van der Waals surface area contributed by atoms with E-state index in [0.29, 0.717) is 22.2 Å². The van der Waals surface area contributed by atoms with Crippen molar-refractivity contribution in [3.63, 3.8) is 0 Å². The minimum atomic E-state index is 0.0226. The van der Waals surface area contributed by atoms with Gasteiger partial charge in [0.1, 0.15) is 0 Å². The molecule has 1 aliphatic carbocycles. The normalized spacial score (nSPS) is 14.8. The second-order valence-electron chi connectivity index (χ2n) is 5.28. The Labute approximate surface area is 123 Å². The van der Waals surface area contributed by atoms with Crippen LogP contribution < -0.4 is 5.73 Å². The van der Waals surface area contributed by atoms with E-state index in [1.54, 1.807) is 18.2 Å². The number of halogens is 1. The molecule has 2 nitrogen and oxygen atoms in total. The zero-order valence-corrected chi connectivity index (χ0v) is 11.9. The van der Waals surface area contributed by atoms with Crippen molar-refractivity contribution in [1.29, 1.82) is 0 Å². The maximum atomic E-state index is 12.7. The molecule has 0 saturated heterocycles. The fourth-order valence-electron chi connectivity index (χ4n) is 2.60. The lowest BCUT2D eigenvalue weighted by Gasteiger charge is -2.27. The number of carbonyl (C=O) groups excluding carboxylic acids is 1. The Kier molecular flexibility index (Phi) is 3.49. The largest absolute Gasteiger partial charge is 0.398 e. The smallest absolute Gasteiger partial charge is 0.193 e. The Morgan fingerprint density at radius 3 is 2.55 bits per heavy atom. The van der Waals surface area contributed by atoms with E-state index < -0.39 is 0 Å². The predicted octanol–water partition coefficient (Wildman–Crippen LogP) is 4.42. The van der Waals surface area contributed by atoms with E-state index in [9.17, 15) is 4.79 Å². The van der Waals surface area contributed by atoms with Crippen molar-refractivity contribution in [1.82, 2.24) is 0 Å². The minimum absolute atomic E-state index is 0.0226. The average molecular weight is 286 g/mol. The summed E-state index contributed by atoms with van der Waals surface area (Å²) in [5.41, 5.74) is 8.74. The van der Waals surface area contributed by atoms with Gasteiger partial charge >= 0.3 is 0 Å². The van der Waals surface area contributed by atoms with E-state index in [1.807, 2.05) is 18.2 Å². The van der Waals surface area contributed by atoms with Crippen LogP contribution in [-0.4, -0.2) is 5.78 Å². The van der Waals surface area contributed by atoms with Gasteiger partial charge in [-0.25, -0.2) is 0 Å². The fraction of sp³-hybridized carbons (Fsp3) is 0.235. The number of benzene rings is 2. The van der Waals surface area contributed by atoms with Gasteiger partial charge in [-0.05, 0) is 42.5 Å². The van der Waals surface area contributed by atoms with Crippen molar-refractivity contribution < 1.29 is 4.79 Å². The first-order valence-corrected chi connectivity index (χ1v) is 7.23. The molecule has 2 aromatic rings. The molecule has 3 heteroatoms. The van der Waals surface area contributed by atoms with Crippen LogP contribution in [0, 0.1) is 0 Å². The molecule has 0 aliphatic heterocycles. The molecule has 20 heavy (non-hydrogen) atoms. The van der Waals surface area contributed by atoms with E-state index in [4.69, 9.17) is 17.3 Å². The molecule has 0 amide bonds. The zero-order chi connectivity index (χ0) is 14.1. The second-order valence-corrected chi connectivity index (χ2v) is 5.69. The maximum absolute atomic E-state index is 12.7. The third kappa shape index (κ3) is 2.32. The summed E-state index contributed by atoms with van der Waals surface area (Å²) in [6.07, 6.45) is 3.60. The van der Waals surface area contributed by atoms with Gasteiger partial charge in [0, 0.05) is 11.1 Å². The monoisotopic (exact) mass is 285 g/mol. The maximum Gasteiger partial charge on any atom is 0.193 e. The van der Waals surface area contributed by atoms with Gasteiger partial charge in [-0.3, -0.25) is 4.79 Å². The lowest BCUT2D eigenvalue weighted by Crippen LogP contribution is -2.14. The van der Waals surface area contributed by atoms with Gasteiger partial charge in [0.2, 0.25) is 0 Å². The third-order valence-corrected chi connectivity index (χ3v) is 4.34. The molecule has 3 rings (SSSR count). The standard InChI is InChI=1S/C17H16ClNO/c18-15-10-12(8-9-16(15)19)17(20)14-7-2-1-6-13(14)11-4-3-5-11/h1-2,6-11H,3-5,19H2. The highest BCUT2D eigenvalue weighted by Crippen LogP contribution is 2.38. The van der Waals surface area contributed by atoms with Crippen molar-refractivity contribution in [2.24, 2.45) is 0 Å². The summed E-state index contributed by atoms with van der Waals surface area (Å²) in [5.74, 6) is 0.550. The van der Waals surface area contributed by atoms with Gasteiger partial charge in [-0.2, -0.15) is 0 Å². The summed E-state index contributed by atoms with van der Waals surface area (Å²) in [6, 6.07) is 12.9. The number of nitrogens with two attached hydrogens (primary N) is 1. The first-order valence-electron chi connectivity index (χ1n) is 6.85. The Morgan fingerprint density at radius 1 is 1.15 bits per heavy atom. The van der Waals surface area contributed by atoms with Crippen LogP contribution in [0.2, 0.25) is 5.02 Å². The zero-order valence-electron chi connectivity index (χ0n) is 11.1. The molecule has 1 fully saturated rings. The van der Waals surface area contributed by atoms with Crippen LogP contribution in [0.5, 0.6) is 0 Å². The van der Waals surface area contributed by atoms with Crippen molar-refractivity contribution in [2.45, 2.75) is 25.2 Å². The Balaban J connectivity index is 1.99. The van der Waals surface area contributed by atoms with Crippen molar-refractivity contribution in [2.75, 3.05) is 5.73 Å². The number of rotatable bonds is 3. The lowest BCUT2D eigenvalue weighted by atomic mass is 9.77. The van der Waals surface area contributed by atoms with Crippen LogP contribution in [0.1, 0.15) is 46.7 Å². The van der Waals surface area contributed by atoms with Gasteiger partial charge in [0.25, 0.3) is 0 Å². The quantitative estimate of drug-likeness (QED) is 0.670. The molecule has 0 heterocycles. The molecular weight excluding hydrogens is 270 g/mol. The first kappa shape index (κ1) is 13.2. The van der Waals surface area contributed by atoms with Crippen LogP contribution in [0.25, 0.3) is 0 Å². The van der Waals surface area contributed by atoms with Gasteiger partial charge in [-0.1, -0.05) is 42.3 Å².